The van der Waals surface area contributed by atoms with Gasteiger partial charge < -0.3 is 14.4 Å². The third-order valence-electron chi connectivity index (χ3n) is 18.0. The Morgan fingerprint density at radius 1 is 0.226 bits per heavy atom. The summed E-state index contributed by atoms with van der Waals surface area (Å²) in [6.07, 6.45) is 0. The molecule has 0 aliphatic carbocycles. The SMILES string of the molecule is c1ccc(N2c3ccc([Si](c4ccccc4)(c4ccccc4)c4ccccc4)cc3B3c4ccccc4N(c4ccc([Si](c5ccccc5)(c5ccccc5)c5ccccc5)cc4)c4cc(-n5c6ccccc6c6ccccc65)cc2c43)cc1. The van der Waals surface area contributed by atoms with E-state index in [0.29, 0.717) is 0 Å². The van der Waals surface area contributed by atoms with Crippen molar-refractivity contribution in [3.8, 4) is 5.69 Å². The topological polar surface area (TPSA) is 11.4 Å². The van der Waals surface area contributed by atoms with Gasteiger partial charge in [-0.3, -0.25) is 0 Å². The number of anilines is 6. The van der Waals surface area contributed by atoms with Crippen LogP contribution in [0.15, 0.2) is 340 Å². The van der Waals surface area contributed by atoms with Crippen LogP contribution in [0.2, 0.25) is 0 Å². The Kier molecular flexibility index (Phi) is 12.0. The molecule has 1 aromatic heterocycles. The van der Waals surface area contributed by atoms with Crippen molar-refractivity contribution in [2.75, 3.05) is 9.80 Å². The van der Waals surface area contributed by atoms with E-state index < -0.39 is 16.1 Å². The first-order valence-electron chi connectivity index (χ1n) is 29.2. The first kappa shape index (κ1) is 49.6. The number of para-hydroxylation sites is 4. The van der Waals surface area contributed by atoms with Gasteiger partial charge in [0, 0.05) is 44.9 Å². The summed E-state index contributed by atoms with van der Waals surface area (Å²) in [7, 11) is -5.81. The molecule has 6 heteroatoms. The Hall–Kier alpha value is -10.2. The molecule has 14 aromatic rings. The molecule has 3 nitrogen and oxygen atoms in total. The molecular weight excluding hydrogens is 1050 g/mol. The predicted octanol–water partition coefficient (Wildman–Crippen LogP) is 11.6. The van der Waals surface area contributed by atoms with E-state index in [-0.39, 0.29) is 6.71 Å². The minimum atomic E-state index is -2.97. The smallest absolute Gasteiger partial charge is 0.252 e. The number of hydrogen-bond acceptors (Lipinski definition) is 2. The Bertz CT molecular complexity index is 4470. The summed E-state index contributed by atoms with van der Waals surface area (Å²) in [6.45, 7) is -0.118. The molecule has 0 atom stereocenters. The highest BCUT2D eigenvalue weighted by atomic mass is 28.3. The zero-order valence-corrected chi connectivity index (χ0v) is 48.3. The van der Waals surface area contributed by atoms with E-state index in [1.54, 1.807) is 0 Å². The van der Waals surface area contributed by atoms with Crippen molar-refractivity contribution in [3.63, 3.8) is 0 Å². The number of aromatic nitrogens is 1. The maximum atomic E-state index is 2.63. The van der Waals surface area contributed by atoms with Gasteiger partial charge in [0.1, 0.15) is 0 Å². The Morgan fingerprint density at radius 2 is 0.560 bits per heavy atom. The monoisotopic (exact) mass is 1100 g/mol. The van der Waals surface area contributed by atoms with Crippen molar-refractivity contribution in [1.82, 2.24) is 4.57 Å². The van der Waals surface area contributed by atoms with Crippen molar-refractivity contribution < 1.29 is 0 Å². The summed E-state index contributed by atoms with van der Waals surface area (Å²) >= 11 is 0. The van der Waals surface area contributed by atoms with Gasteiger partial charge in [0.05, 0.1) is 16.7 Å². The zero-order chi connectivity index (χ0) is 55.6. The summed E-state index contributed by atoms with van der Waals surface area (Å²) in [5.41, 5.74) is 14.2. The molecule has 0 amide bonds. The van der Waals surface area contributed by atoms with E-state index in [0.717, 1.165) is 22.7 Å². The maximum Gasteiger partial charge on any atom is 0.252 e. The summed E-state index contributed by atoms with van der Waals surface area (Å²) in [5.74, 6) is 0. The highest BCUT2D eigenvalue weighted by Crippen LogP contribution is 2.46. The zero-order valence-electron chi connectivity index (χ0n) is 46.3. The Morgan fingerprint density at radius 3 is 1.01 bits per heavy atom. The van der Waals surface area contributed by atoms with E-state index in [2.05, 4.69) is 354 Å². The van der Waals surface area contributed by atoms with Crippen LogP contribution in [0.3, 0.4) is 0 Å². The van der Waals surface area contributed by atoms with Crippen LogP contribution in [0, 0.1) is 0 Å². The minimum absolute atomic E-state index is 0.118. The van der Waals surface area contributed by atoms with Crippen LogP contribution >= 0.6 is 0 Å². The van der Waals surface area contributed by atoms with Gasteiger partial charge in [-0.05, 0) is 119 Å². The van der Waals surface area contributed by atoms with E-state index in [1.807, 2.05) is 0 Å². The molecule has 0 fully saturated rings. The van der Waals surface area contributed by atoms with Crippen LogP contribution < -0.4 is 67.7 Å². The van der Waals surface area contributed by atoms with Crippen molar-refractivity contribution in [2.45, 2.75) is 0 Å². The average molecular weight is 1100 g/mol. The molecule has 0 bridgehead atoms. The molecule has 394 valence electrons. The van der Waals surface area contributed by atoms with Gasteiger partial charge in [0.2, 0.25) is 0 Å². The van der Waals surface area contributed by atoms with E-state index >= 15 is 0 Å². The van der Waals surface area contributed by atoms with E-state index in [1.165, 1.54) is 96.8 Å². The number of fused-ring (bicyclic) bond motifs is 7. The number of nitrogens with zero attached hydrogens (tertiary/aromatic N) is 3. The first-order chi connectivity index (χ1) is 41.7. The standard InChI is InChI=1S/C78H56BN3Si2/c1-8-28-57(29-9-1)80-75-53-52-67(84(63-36-16-5-17-37-63,64-38-18-6-19-39-64)65-40-20-7-21-41-65)56-71(75)79-70-44-24-27-47-74(70)81(77-55-59(54-76(80)78(77)79)82-72-45-25-22-42-68(72)69-43-23-26-46-73(69)82)58-48-50-66(51-49-58)83(60-30-10-2-11-31-60,61-32-12-3-13-33-61)62-34-14-4-15-35-62/h1-56H. The molecule has 0 saturated heterocycles. The molecule has 16 rings (SSSR count). The van der Waals surface area contributed by atoms with Crippen molar-refractivity contribution >= 4 is 137 Å². The third-order valence-corrected chi connectivity index (χ3v) is 27.6. The Balaban J connectivity index is 0.993. The van der Waals surface area contributed by atoms with Gasteiger partial charge in [0.25, 0.3) is 6.71 Å². The fourth-order valence-corrected chi connectivity index (χ4v) is 24.1. The van der Waals surface area contributed by atoms with Gasteiger partial charge >= 0.3 is 0 Å². The molecule has 0 N–H and O–H groups in total. The van der Waals surface area contributed by atoms with Gasteiger partial charge in [-0.25, -0.2) is 0 Å². The van der Waals surface area contributed by atoms with Crippen molar-refractivity contribution in [1.29, 1.82) is 0 Å². The first-order valence-corrected chi connectivity index (χ1v) is 33.2. The summed E-state index contributed by atoms with van der Waals surface area (Å²) in [5, 5.41) is 13.3. The second-order valence-electron chi connectivity index (χ2n) is 22.3. The highest BCUT2D eigenvalue weighted by molar-refractivity contribution is 7.20. The largest absolute Gasteiger partial charge is 0.311 e. The molecule has 2 aliphatic rings. The lowest BCUT2D eigenvalue weighted by molar-refractivity contribution is 1.16. The second-order valence-corrected chi connectivity index (χ2v) is 29.9. The molecule has 84 heavy (non-hydrogen) atoms. The normalized spacial score (nSPS) is 12.7. The van der Waals surface area contributed by atoms with E-state index in [9.17, 15) is 0 Å². The number of rotatable bonds is 11. The van der Waals surface area contributed by atoms with Gasteiger partial charge in [0.15, 0.2) is 16.1 Å². The van der Waals surface area contributed by atoms with E-state index in [4.69, 9.17) is 0 Å². The van der Waals surface area contributed by atoms with Gasteiger partial charge in [-0.2, -0.15) is 0 Å². The maximum absolute atomic E-state index is 2.97. The average Bonchev–Trinajstić information content (AvgIpc) is 0.980. The molecular formula is C78H56BN3Si2. The molecule has 13 aromatic carbocycles. The lowest BCUT2D eigenvalue weighted by Gasteiger charge is -2.45. The van der Waals surface area contributed by atoms with Crippen LogP contribution in [-0.2, 0) is 0 Å². The Labute approximate surface area is 493 Å². The number of benzene rings is 13. The molecule has 0 unspecified atom stereocenters. The van der Waals surface area contributed by atoms with Crippen LogP contribution in [0.25, 0.3) is 27.5 Å². The quantitative estimate of drug-likeness (QED) is 0.0945. The summed E-state index contributed by atoms with van der Waals surface area (Å²) in [4.78, 5) is 5.15. The lowest BCUT2D eigenvalue weighted by atomic mass is 9.33. The second kappa shape index (κ2) is 20.3. The van der Waals surface area contributed by atoms with Crippen LogP contribution in [-0.4, -0.2) is 27.4 Å². The molecule has 3 heterocycles. The van der Waals surface area contributed by atoms with Crippen molar-refractivity contribution in [3.05, 3.63) is 340 Å². The van der Waals surface area contributed by atoms with Gasteiger partial charge in [-0.15, -0.1) is 0 Å². The summed E-state index contributed by atoms with van der Waals surface area (Å²) in [6, 6.07) is 128. The molecule has 0 spiro atoms. The molecule has 0 radical (unpaired) electrons. The number of hydrogen-bond donors (Lipinski definition) is 0. The van der Waals surface area contributed by atoms with Crippen LogP contribution in [0.1, 0.15) is 0 Å². The van der Waals surface area contributed by atoms with Crippen LogP contribution in [0.4, 0.5) is 34.1 Å². The molecule has 0 saturated carbocycles. The summed E-state index contributed by atoms with van der Waals surface area (Å²) < 4.78 is 2.50. The van der Waals surface area contributed by atoms with Gasteiger partial charge in [-0.1, -0.05) is 279 Å². The fraction of sp³-hybridized carbons (Fsp3) is 0. The fourth-order valence-electron chi connectivity index (χ4n) is 14.6. The van der Waals surface area contributed by atoms with Crippen LogP contribution in [0.5, 0.6) is 0 Å². The third kappa shape index (κ3) is 7.58. The van der Waals surface area contributed by atoms with Crippen molar-refractivity contribution in [2.24, 2.45) is 0 Å². The highest BCUT2D eigenvalue weighted by Gasteiger charge is 2.48. The predicted molar refractivity (Wildman–Crippen MR) is 362 cm³/mol. The molecule has 2 aliphatic heterocycles. The minimum Gasteiger partial charge on any atom is -0.311 e. The lowest BCUT2D eigenvalue weighted by Crippen LogP contribution is -2.75.